The minimum Gasteiger partial charge on any atom is -0.368 e. The molecule has 0 atom stereocenters. The van der Waals surface area contributed by atoms with Crippen LogP contribution in [0.1, 0.15) is 24.2 Å². The second-order valence-electron chi connectivity index (χ2n) is 6.83. The third-order valence-electron chi connectivity index (χ3n) is 4.51. The summed E-state index contributed by atoms with van der Waals surface area (Å²) in [7, 11) is 0. The summed E-state index contributed by atoms with van der Waals surface area (Å²) in [5, 5.41) is 3.02. The molecule has 28 heavy (non-hydrogen) atoms. The van der Waals surface area contributed by atoms with Gasteiger partial charge in [-0.2, -0.15) is 15.0 Å². The zero-order valence-electron chi connectivity index (χ0n) is 15.1. The van der Waals surface area contributed by atoms with Crippen LogP contribution in [0, 0.1) is 11.6 Å². The predicted octanol–water partition coefficient (Wildman–Crippen LogP) is 3.64. The number of aromatic nitrogens is 3. The van der Waals surface area contributed by atoms with Crippen LogP contribution in [0.5, 0.6) is 0 Å². The smallest absolute Gasteiger partial charge is 0.232 e. The molecule has 1 aliphatic rings. The standard InChI is InChI=1S/C20H20F2N6/c21-14-3-1-13(2-4-14)11-28(17-9-10-17)12-18-25-19(23)27-20(26-18)24-16-7-5-15(22)6-8-16/h1-8,17H,9-12H2,(H3,23,24,25,26,27). The number of halogens is 2. The van der Waals surface area contributed by atoms with E-state index < -0.39 is 0 Å². The number of nitrogens with two attached hydrogens (primary N) is 1. The van der Waals surface area contributed by atoms with Gasteiger partial charge in [0.05, 0.1) is 6.54 Å². The van der Waals surface area contributed by atoms with Gasteiger partial charge in [-0.25, -0.2) is 8.78 Å². The first-order valence-corrected chi connectivity index (χ1v) is 9.07. The van der Waals surface area contributed by atoms with Gasteiger partial charge in [-0.1, -0.05) is 12.1 Å². The average Bonchev–Trinajstić information content (AvgIpc) is 3.50. The first-order valence-electron chi connectivity index (χ1n) is 9.07. The molecule has 0 unspecified atom stereocenters. The second kappa shape index (κ2) is 7.85. The van der Waals surface area contributed by atoms with E-state index in [1.807, 2.05) is 0 Å². The van der Waals surface area contributed by atoms with Crippen molar-refractivity contribution in [3.63, 3.8) is 0 Å². The van der Waals surface area contributed by atoms with E-state index >= 15 is 0 Å². The van der Waals surface area contributed by atoms with Crippen LogP contribution in [0.4, 0.5) is 26.4 Å². The number of hydrogen-bond acceptors (Lipinski definition) is 6. The van der Waals surface area contributed by atoms with Gasteiger partial charge in [0.2, 0.25) is 11.9 Å². The summed E-state index contributed by atoms with van der Waals surface area (Å²) in [5.74, 6) is 0.413. The molecule has 0 aliphatic heterocycles. The van der Waals surface area contributed by atoms with Crippen molar-refractivity contribution >= 4 is 17.6 Å². The number of nitrogen functional groups attached to an aromatic ring is 1. The largest absolute Gasteiger partial charge is 0.368 e. The highest BCUT2D eigenvalue weighted by atomic mass is 19.1. The maximum absolute atomic E-state index is 13.1. The summed E-state index contributed by atoms with van der Waals surface area (Å²) in [4.78, 5) is 15.1. The lowest BCUT2D eigenvalue weighted by molar-refractivity contribution is 0.239. The Morgan fingerprint density at radius 1 is 0.893 bits per heavy atom. The topological polar surface area (TPSA) is 80.0 Å². The van der Waals surface area contributed by atoms with Crippen molar-refractivity contribution in [2.24, 2.45) is 0 Å². The summed E-state index contributed by atoms with van der Waals surface area (Å²) in [5.41, 5.74) is 7.54. The van der Waals surface area contributed by atoms with E-state index in [0.29, 0.717) is 36.6 Å². The van der Waals surface area contributed by atoms with Gasteiger partial charge in [0.25, 0.3) is 0 Å². The first kappa shape index (κ1) is 18.2. The van der Waals surface area contributed by atoms with Crippen molar-refractivity contribution in [2.45, 2.75) is 32.0 Å². The number of benzene rings is 2. The summed E-state index contributed by atoms with van der Waals surface area (Å²) in [6.45, 7) is 1.18. The molecular formula is C20H20F2N6. The normalized spacial score (nSPS) is 13.7. The van der Waals surface area contributed by atoms with E-state index in [1.165, 1.54) is 24.3 Å². The van der Waals surface area contributed by atoms with Crippen LogP contribution in [-0.4, -0.2) is 25.9 Å². The third kappa shape index (κ3) is 4.77. The molecule has 1 aliphatic carbocycles. The van der Waals surface area contributed by atoms with Gasteiger partial charge < -0.3 is 11.1 Å². The first-order chi connectivity index (χ1) is 13.5. The summed E-state index contributed by atoms with van der Waals surface area (Å²) < 4.78 is 26.2. The lowest BCUT2D eigenvalue weighted by Crippen LogP contribution is -2.26. The number of anilines is 3. The Labute approximate surface area is 161 Å². The van der Waals surface area contributed by atoms with E-state index in [2.05, 4.69) is 25.2 Å². The van der Waals surface area contributed by atoms with Crippen molar-refractivity contribution in [1.29, 1.82) is 0 Å². The molecule has 6 nitrogen and oxygen atoms in total. The Balaban J connectivity index is 1.49. The molecule has 1 saturated carbocycles. The molecule has 0 radical (unpaired) electrons. The van der Waals surface area contributed by atoms with Gasteiger partial charge >= 0.3 is 0 Å². The summed E-state index contributed by atoms with van der Waals surface area (Å²) >= 11 is 0. The number of hydrogen-bond donors (Lipinski definition) is 2. The monoisotopic (exact) mass is 382 g/mol. The van der Waals surface area contributed by atoms with E-state index in [-0.39, 0.29) is 17.6 Å². The number of nitrogens with zero attached hydrogens (tertiary/aromatic N) is 4. The molecule has 1 fully saturated rings. The van der Waals surface area contributed by atoms with Gasteiger partial charge in [0.15, 0.2) is 0 Å². The van der Waals surface area contributed by atoms with Crippen LogP contribution in [0.2, 0.25) is 0 Å². The molecule has 8 heteroatoms. The fourth-order valence-electron chi connectivity index (χ4n) is 2.99. The number of rotatable bonds is 7. The molecule has 0 bridgehead atoms. The fraction of sp³-hybridized carbons (Fsp3) is 0.250. The molecule has 1 heterocycles. The zero-order chi connectivity index (χ0) is 19.5. The Bertz CT molecular complexity index is 942. The highest BCUT2D eigenvalue weighted by molar-refractivity contribution is 5.53. The van der Waals surface area contributed by atoms with Crippen molar-refractivity contribution in [3.05, 3.63) is 71.6 Å². The van der Waals surface area contributed by atoms with E-state index in [4.69, 9.17) is 5.73 Å². The quantitative estimate of drug-likeness (QED) is 0.649. The Morgan fingerprint density at radius 3 is 2.18 bits per heavy atom. The summed E-state index contributed by atoms with van der Waals surface area (Å²) in [6.07, 6.45) is 2.23. The van der Waals surface area contributed by atoms with Crippen LogP contribution < -0.4 is 11.1 Å². The van der Waals surface area contributed by atoms with Gasteiger partial charge in [-0.3, -0.25) is 4.90 Å². The van der Waals surface area contributed by atoms with Gasteiger partial charge in [0.1, 0.15) is 17.5 Å². The van der Waals surface area contributed by atoms with E-state index in [1.54, 1.807) is 24.3 Å². The van der Waals surface area contributed by atoms with E-state index in [9.17, 15) is 8.78 Å². The minimum atomic E-state index is -0.317. The molecule has 0 spiro atoms. The molecule has 0 amide bonds. The molecule has 3 aromatic rings. The lowest BCUT2D eigenvalue weighted by atomic mass is 10.2. The highest BCUT2D eigenvalue weighted by Crippen LogP contribution is 2.29. The fourth-order valence-corrected chi connectivity index (χ4v) is 2.99. The minimum absolute atomic E-state index is 0.118. The van der Waals surface area contributed by atoms with Crippen molar-refractivity contribution in [1.82, 2.24) is 19.9 Å². The van der Waals surface area contributed by atoms with Crippen molar-refractivity contribution in [2.75, 3.05) is 11.1 Å². The molecule has 0 saturated heterocycles. The van der Waals surface area contributed by atoms with E-state index in [0.717, 1.165) is 18.4 Å². The Morgan fingerprint density at radius 2 is 1.54 bits per heavy atom. The molecule has 1 aromatic heterocycles. The molecule has 4 rings (SSSR count). The maximum Gasteiger partial charge on any atom is 0.232 e. The maximum atomic E-state index is 13.1. The van der Waals surface area contributed by atoms with Crippen LogP contribution in [0.25, 0.3) is 0 Å². The highest BCUT2D eigenvalue weighted by Gasteiger charge is 2.29. The molecular weight excluding hydrogens is 362 g/mol. The summed E-state index contributed by atoms with van der Waals surface area (Å²) in [6, 6.07) is 12.9. The van der Waals surface area contributed by atoms with Gasteiger partial charge in [-0.05, 0) is 54.8 Å². The van der Waals surface area contributed by atoms with Crippen molar-refractivity contribution < 1.29 is 8.78 Å². The second-order valence-corrected chi connectivity index (χ2v) is 6.83. The third-order valence-corrected chi connectivity index (χ3v) is 4.51. The molecule has 2 aromatic carbocycles. The van der Waals surface area contributed by atoms with Gasteiger partial charge in [-0.15, -0.1) is 0 Å². The zero-order valence-corrected chi connectivity index (χ0v) is 15.1. The van der Waals surface area contributed by atoms with Gasteiger partial charge in [0, 0.05) is 18.3 Å². The van der Waals surface area contributed by atoms with Crippen LogP contribution in [0.3, 0.4) is 0 Å². The van der Waals surface area contributed by atoms with Crippen LogP contribution in [0.15, 0.2) is 48.5 Å². The lowest BCUT2D eigenvalue weighted by Gasteiger charge is -2.21. The Hall–Kier alpha value is -3.13. The predicted molar refractivity (Wildman–Crippen MR) is 103 cm³/mol. The average molecular weight is 382 g/mol. The van der Waals surface area contributed by atoms with Crippen LogP contribution >= 0.6 is 0 Å². The Kier molecular flexibility index (Phi) is 5.12. The number of nitrogens with one attached hydrogen (secondary N) is 1. The molecule has 144 valence electrons. The van der Waals surface area contributed by atoms with Crippen LogP contribution in [-0.2, 0) is 13.1 Å². The SMILES string of the molecule is Nc1nc(CN(Cc2ccc(F)cc2)C2CC2)nc(Nc2ccc(F)cc2)n1. The van der Waals surface area contributed by atoms with Crippen molar-refractivity contribution in [3.8, 4) is 0 Å². The molecule has 3 N–H and O–H groups in total.